The molecule has 0 aromatic heterocycles. The molecule has 0 aliphatic heterocycles. The third-order valence-corrected chi connectivity index (χ3v) is 0.628. The molecule has 0 fully saturated rings. The summed E-state index contributed by atoms with van der Waals surface area (Å²) in [4.78, 5) is 0. The number of nitrogens with one attached hydrogen (secondary N) is 1. The molecule has 0 spiro atoms. The summed E-state index contributed by atoms with van der Waals surface area (Å²) in [5, 5.41) is 12.0. The van der Waals surface area contributed by atoms with Crippen molar-refractivity contribution in [1.82, 2.24) is 5.32 Å². The van der Waals surface area contributed by atoms with Crippen molar-refractivity contribution in [3.63, 3.8) is 0 Å². The minimum absolute atomic E-state index is 0.516. The molecule has 0 aliphatic rings. The van der Waals surface area contributed by atoms with Crippen LogP contribution in [0, 0.1) is 0 Å². The van der Waals surface area contributed by atoms with Crippen molar-refractivity contribution >= 4 is 7.85 Å². The molecule has 0 amide bonds. The van der Waals surface area contributed by atoms with E-state index in [1.165, 1.54) is 0 Å². The number of hydrogen-bond acceptors (Lipinski definition) is 2. The maximum atomic E-state index is 9.16. The highest BCUT2D eigenvalue weighted by atomic mass is 16.3. The van der Waals surface area contributed by atoms with Crippen molar-refractivity contribution in [2.24, 2.45) is 0 Å². The van der Waals surface area contributed by atoms with Gasteiger partial charge in [0.1, 0.15) is 5.72 Å². The quantitative estimate of drug-likeness (QED) is 0.410. The predicted molar refractivity (Wildman–Crippen MR) is 39.3 cm³/mol. The van der Waals surface area contributed by atoms with E-state index in [0.717, 1.165) is 0 Å². The fourth-order valence-corrected chi connectivity index (χ4v) is 0.788. The van der Waals surface area contributed by atoms with Crippen LogP contribution in [0.5, 0.6) is 0 Å². The van der Waals surface area contributed by atoms with E-state index in [-0.39, 0.29) is 0 Å². The number of hydrogen-bond donors (Lipinski definition) is 2. The molecule has 0 rings (SSSR count). The molecule has 2 N–H and O–H groups in total. The summed E-state index contributed by atoms with van der Waals surface area (Å²) in [6, 6.07) is 0. The van der Waals surface area contributed by atoms with Gasteiger partial charge in [-0.2, -0.15) is 0 Å². The predicted octanol–water partition coefficient (Wildman–Crippen LogP) is 0.209. The van der Waals surface area contributed by atoms with Gasteiger partial charge in [-0.25, -0.2) is 0 Å². The van der Waals surface area contributed by atoms with E-state index < -0.39 is 11.2 Å². The molecule has 0 heterocycles. The van der Waals surface area contributed by atoms with Gasteiger partial charge in [0.15, 0.2) is 0 Å². The molecule has 0 aromatic rings. The molecule has 2 nitrogen and oxygen atoms in total. The van der Waals surface area contributed by atoms with Crippen LogP contribution in [0.25, 0.3) is 0 Å². The number of aliphatic hydroxyl groups is 1. The van der Waals surface area contributed by atoms with Crippen LogP contribution in [0.15, 0.2) is 0 Å². The Labute approximate surface area is 58.1 Å². The third-order valence-electron chi connectivity index (χ3n) is 0.628. The van der Waals surface area contributed by atoms with Gasteiger partial charge in [0, 0.05) is 0 Å². The fraction of sp³-hybridized carbons (Fsp3) is 1.00. The minimum atomic E-state index is -0.891. The number of rotatable bonds is 2. The van der Waals surface area contributed by atoms with Crippen LogP contribution in [0.4, 0.5) is 0 Å². The molecule has 0 unspecified atom stereocenters. The monoisotopic (exact) mass is 127 g/mol. The Morgan fingerprint density at radius 3 is 1.56 bits per heavy atom. The van der Waals surface area contributed by atoms with Crippen LogP contribution >= 0.6 is 0 Å². The van der Waals surface area contributed by atoms with Gasteiger partial charge in [-0.1, -0.05) is 13.8 Å². The normalized spacial score (nSPS) is 13.9. The highest BCUT2D eigenvalue weighted by molar-refractivity contribution is 6.14. The fourth-order valence-electron chi connectivity index (χ4n) is 0.788. The van der Waals surface area contributed by atoms with Gasteiger partial charge < -0.3 is 5.11 Å². The topological polar surface area (TPSA) is 32.3 Å². The van der Waals surface area contributed by atoms with Crippen molar-refractivity contribution in [1.29, 1.82) is 0 Å². The summed E-state index contributed by atoms with van der Waals surface area (Å²) in [6.45, 7) is 6.90. The second-order valence-corrected chi connectivity index (χ2v) is 3.41. The van der Waals surface area contributed by atoms with Gasteiger partial charge in [-0.15, -0.1) is 0 Å². The molecule has 9 heavy (non-hydrogen) atoms. The van der Waals surface area contributed by atoms with Gasteiger partial charge in [-0.05, 0) is 19.3 Å². The van der Waals surface area contributed by atoms with Crippen molar-refractivity contribution in [2.45, 2.75) is 38.9 Å². The van der Waals surface area contributed by atoms with Gasteiger partial charge in [0.25, 0.3) is 0 Å². The van der Waals surface area contributed by atoms with Crippen LogP contribution in [-0.4, -0.2) is 24.1 Å². The summed E-state index contributed by atoms with van der Waals surface area (Å²) >= 11 is 0. The molecule has 52 valence electrons. The average molecular weight is 127 g/mol. The minimum Gasteiger partial charge on any atom is -0.376 e. The lowest BCUT2D eigenvalue weighted by molar-refractivity contribution is 0.0292. The van der Waals surface area contributed by atoms with Gasteiger partial charge in [0.05, 0.1) is 7.85 Å². The van der Waals surface area contributed by atoms with Gasteiger partial charge in [-0.3, -0.25) is 5.32 Å². The van der Waals surface area contributed by atoms with E-state index in [9.17, 15) is 0 Å². The summed E-state index contributed by atoms with van der Waals surface area (Å²) in [5.41, 5.74) is -1.41. The van der Waals surface area contributed by atoms with E-state index >= 15 is 0 Å². The second-order valence-electron chi connectivity index (χ2n) is 3.41. The first-order valence-corrected chi connectivity index (χ1v) is 3.01. The van der Waals surface area contributed by atoms with Crippen LogP contribution in [0.3, 0.4) is 0 Å². The van der Waals surface area contributed by atoms with E-state index in [1.54, 1.807) is 27.7 Å². The Balaban J connectivity index is 3.75. The SMILES string of the molecule is [B]C(C)(C)NC(C)(C)O. The van der Waals surface area contributed by atoms with Gasteiger partial charge in [0.2, 0.25) is 0 Å². The molecule has 2 radical (unpaired) electrons. The second kappa shape index (κ2) is 2.31. The third kappa shape index (κ3) is 7.98. The molecule has 0 saturated carbocycles. The van der Waals surface area contributed by atoms with Crippen molar-refractivity contribution in [3.05, 3.63) is 0 Å². The van der Waals surface area contributed by atoms with E-state index in [1.807, 2.05) is 0 Å². The van der Waals surface area contributed by atoms with Crippen molar-refractivity contribution < 1.29 is 5.11 Å². The first-order valence-electron chi connectivity index (χ1n) is 3.01. The lowest BCUT2D eigenvalue weighted by Gasteiger charge is -2.30. The van der Waals surface area contributed by atoms with E-state index in [2.05, 4.69) is 5.32 Å². The molecule has 3 heteroatoms. The first kappa shape index (κ1) is 8.98. The zero-order valence-corrected chi connectivity index (χ0v) is 6.52. The molecule has 0 aromatic carbocycles. The van der Waals surface area contributed by atoms with Crippen molar-refractivity contribution in [2.75, 3.05) is 0 Å². The summed E-state index contributed by atoms with van der Waals surface area (Å²) < 4.78 is 0. The molecule has 0 saturated heterocycles. The molecular formula is C6H14BNO. The Morgan fingerprint density at radius 1 is 1.22 bits per heavy atom. The zero-order chi connectivity index (χ0) is 7.71. The Hall–Kier alpha value is -0.0151. The van der Waals surface area contributed by atoms with Gasteiger partial charge >= 0.3 is 0 Å². The van der Waals surface area contributed by atoms with Crippen LogP contribution in [-0.2, 0) is 0 Å². The average Bonchev–Trinajstić information content (AvgIpc) is 1.14. The van der Waals surface area contributed by atoms with Crippen LogP contribution in [0.1, 0.15) is 27.7 Å². The van der Waals surface area contributed by atoms with Crippen LogP contribution < -0.4 is 5.32 Å². The summed E-state index contributed by atoms with van der Waals surface area (Å²) in [6.07, 6.45) is 0. The van der Waals surface area contributed by atoms with E-state index in [0.29, 0.717) is 0 Å². The standard InChI is InChI=1S/C6H14BNO/c1-5(2,7)8-6(3,4)9/h8-9H,1-4H3. The highest BCUT2D eigenvalue weighted by Gasteiger charge is 2.19. The van der Waals surface area contributed by atoms with Crippen LogP contribution in [0.2, 0.25) is 0 Å². The molecule has 0 bridgehead atoms. The van der Waals surface area contributed by atoms with E-state index in [4.69, 9.17) is 13.0 Å². The van der Waals surface area contributed by atoms with Crippen molar-refractivity contribution in [3.8, 4) is 0 Å². The molecule has 0 atom stereocenters. The highest BCUT2D eigenvalue weighted by Crippen LogP contribution is 2.02. The Morgan fingerprint density at radius 2 is 1.56 bits per heavy atom. The molecule has 0 aliphatic carbocycles. The Bertz CT molecular complexity index is 78.2. The summed E-state index contributed by atoms with van der Waals surface area (Å²) in [5.74, 6) is 0. The lowest BCUT2D eigenvalue weighted by atomic mass is 9.81. The zero-order valence-electron chi connectivity index (χ0n) is 6.52. The molecular weight excluding hydrogens is 113 g/mol. The summed E-state index contributed by atoms with van der Waals surface area (Å²) in [7, 11) is 5.55. The largest absolute Gasteiger partial charge is 0.376 e. The smallest absolute Gasteiger partial charge is 0.110 e. The first-order chi connectivity index (χ1) is 3.71. The Kier molecular flexibility index (Phi) is 2.31. The maximum Gasteiger partial charge on any atom is 0.110 e. The lowest BCUT2D eigenvalue weighted by Crippen LogP contribution is -2.52. The maximum absolute atomic E-state index is 9.16.